The van der Waals surface area contributed by atoms with Crippen LogP contribution >= 0.6 is 0 Å². The molecule has 0 N–H and O–H groups in total. The van der Waals surface area contributed by atoms with Gasteiger partial charge in [0, 0.05) is 6.04 Å². The number of nitrogens with zero attached hydrogens (tertiary/aromatic N) is 3. The summed E-state index contributed by atoms with van der Waals surface area (Å²) in [5.74, 6) is 0. The molecule has 0 spiro atoms. The van der Waals surface area contributed by atoms with Gasteiger partial charge in [0.05, 0.1) is 6.20 Å². The molecule has 0 bridgehead atoms. The molecule has 0 atom stereocenters. The van der Waals surface area contributed by atoms with Gasteiger partial charge in [-0.2, -0.15) is 18.3 Å². The molecule has 0 aliphatic heterocycles. The molecule has 0 amide bonds. The van der Waals surface area contributed by atoms with Crippen molar-refractivity contribution in [2.45, 2.75) is 26.1 Å². The average Bonchev–Trinajstić information content (AvgIpc) is 2.58. The minimum atomic E-state index is -4.41. The van der Waals surface area contributed by atoms with Crippen LogP contribution in [0.2, 0.25) is 0 Å². The van der Waals surface area contributed by atoms with Crippen molar-refractivity contribution in [2.24, 2.45) is 0 Å². The maximum absolute atomic E-state index is 12.4. The van der Waals surface area contributed by atoms with Crippen LogP contribution in [-0.4, -0.2) is 14.8 Å². The molecule has 0 unspecified atom stereocenters. The maximum Gasteiger partial charge on any atom is 0.433 e. The third-order valence-electron chi connectivity index (χ3n) is 2.20. The number of fused-ring (bicyclic) bond motifs is 1. The highest BCUT2D eigenvalue weighted by molar-refractivity contribution is 5.73. The van der Waals surface area contributed by atoms with Crippen molar-refractivity contribution in [3.63, 3.8) is 0 Å². The Balaban J connectivity index is 2.54. The third kappa shape index (κ3) is 1.87. The SMILES string of the molecule is CC(C)n1cc2nc(C(F)(F)F)ccc2n1. The van der Waals surface area contributed by atoms with E-state index in [1.807, 2.05) is 13.8 Å². The molecule has 0 saturated heterocycles. The Morgan fingerprint density at radius 1 is 1.19 bits per heavy atom. The van der Waals surface area contributed by atoms with Gasteiger partial charge in [-0.15, -0.1) is 0 Å². The van der Waals surface area contributed by atoms with Crippen molar-refractivity contribution in [1.82, 2.24) is 14.8 Å². The van der Waals surface area contributed by atoms with Crippen LogP contribution in [0.1, 0.15) is 25.6 Å². The molecule has 2 rings (SSSR count). The first kappa shape index (κ1) is 10.9. The zero-order valence-electron chi connectivity index (χ0n) is 8.78. The van der Waals surface area contributed by atoms with Crippen molar-refractivity contribution in [1.29, 1.82) is 0 Å². The van der Waals surface area contributed by atoms with E-state index in [1.54, 1.807) is 4.68 Å². The van der Waals surface area contributed by atoms with Crippen LogP contribution in [0.3, 0.4) is 0 Å². The van der Waals surface area contributed by atoms with Gasteiger partial charge in [0.1, 0.15) is 16.7 Å². The summed E-state index contributed by atoms with van der Waals surface area (Å²) in [7, 11) is 0. The van der Waals surface area contributed by atoms with Gasteiger partial charge in [-0.25, -0.2) is 4.98 Å². The summed E-state index contributed by atoms with van der Waals surface area (Å²) in [6, 6.07) is 2.38. The van der Waals surface area contributed by atoms with Crippen molar-refractivity contribution in [2.75, 3.05) is 0 Å². The van der Waals surface area contributed by atoms with E-state index < -0.39 is 11.9 Å². The van der Waals surface area contributed by atoms with Gasteiger partial charge < -0.3 is 0 Å². The second kappa shape index (κ2) is 3.47. The third-order valence-corrected chi connectivity index (χ3v) is 2.20. The molecule has 0 saturated carbocycles. The van der Waals surface area contributed by atoms with Crippen LogP contribution in [0.15, 0.2) is 18.3 Å². The summed E-state index contributed by atoms with van der Waals surface area (Å²) in [6.45, 7) is 3.80. The number of hydrogen-bond acceptors (Lipinski definition) is 2. The fourth-order valence-corrected chi connectivity index (χ4v) is 1.35. The van der Waals surface area contributed by atoms with Gasteiger partial charge in [0.15, 0.2) is 0 Å². The Hall–Kier alpha value is -1.59. The number of aromatic nitrogens is 3. The zero-order valence-corrected chi connectivity index (χ0v) is 8.78. The monoisotopic (exact) mass is 229 g/mol. The fourth-order valence-electron chi connectivity index (χ4n) is 1.35. The molecule has 86 valence electrons. The summed E-state index contributed by atoms with van der Waals surface area (Å²) in [6.07, 6.45) is -2.89. The molecule has 0 radical (unpaired) electrons. The zero-order chi connectivity index (χ0) is 11.9. The molecule has 16 heavy (non-hydrogen) atoms. The Morgan fingerprint density at radius 3 is 2.44 bits per heavy atom. The molecular formula is C10H10F3N3. The molecule has 2 heterocycles. The predicted octanol–water partition coefficient (Wildman–Crippen LogP) is 3.03. The predicted molar refractivity (Wildman–Crippen MR) is 52.9 cm³/mol. The highest BCUT2D eigenvalue weighted by atomic mass is 19.4. The van der Waals surface area contributed by atoms with Crippen LogP contribution in [0.25, 0.3) is 11.0 Å². The molecule has 2 aromatic rings. The lowest BCUT2D eigenvalue weighted by molar-refractivity contribution is -0.140. The number of halogens is 3. The van der Waals surface area contributed by atoms with Gasteiger partial charge in [0.25, 0.3) is 0 Å². The topological polar surface area (TPSA) is 30.7 Å². The Kier molecular flexibility index (Phi) is 2.36. The van der Waals surface area contributed by atoms with Crippen molar-refractivity contribution >= 4 is 11.0 Å². The minimum absolute atomic E-state index is 0.100. The normalized spacial score (nSPS) is 12.6. The Morgan fingerprint density at radius 2 is 1.88 bits per heavy atom. The van der Waals surface area contributed by atoms with E-state index >= 15 is 0 Å². The second-order valence-electron chi connectivity index (χ2n) is 3.80. The highest BCUT2D eigenvalue weighted by Crippen LogP contribution is 2.28. The van der Waals surface area contributed by atoms with E-state index in [4.69, 9.17) is 0 Å². The Bertz CT molecular complexity index is 513. The smallest absolute Gasteiger partial charge is 0.267 e. The average molecular weight is 229 g/mol. The number of pyridine rings is 1. The maximum atomic E-state index is 12.4. The van der Waals surface area contributed by atoms with E-state index in [0.717, 1.165) is 6.07 Å². The van der Waals surface area contributed by atoms with E-state index in [9.17, 15) is 13.2 Å². The van der Waals surface area contributed by atoms with E-state index in [0.29, 0.717) is 5.52 Å². The number of rotatable bonds is 1. The van der Waals surface area contributed by atoms with Crippen molar-refractivity contribution in [3.05, 3.63) is 24.0 Å². The van der Waals surface area contributed by atoms with Crippen molar-refractivity contribution in [3.8, 4) is 0 Å². The van der Waals surface area contributed by atoms with E-state index in [-0.39, 0.29) is 11.6 Å². The van der Waals surface area contributed by atoms with Gasteiger partial charge in [-0.3, -0.25) is 4.68 Å². The summed E-state index contributed by atoms with van der Waals surface area (Å²) in [5.41, 5.74) is -0.145. The largest absolute Gasteiger partial charge is 0.433 e. The Labute approximate surface area is 89.9 Å². The molecule has 3 nitrogen and oxygen atoms in total. The fraction of sp³-hybridized carbons (Fsp3) is 0.400. The first-order valence-corrected chi connectivity index (χ1v) is 4.81. The standard InChI is InChI=1S/C10H10F3N3/c1-6(2)16-5-8-7(15-16)3-4-9(14-8)10(11,12)13/h3-6H,1-2H3. The van der Waals surface area contributed by atoms with Gasteiger partial charge in [-0.05, 0) is 26.0 Å². The lowest BCUT2D eigenvalue weighted by Gasteiger charge is -2.03. The van der Waals surface area contributed by atoms with Crippen LogP contribution in [0.5, 0.6) is 0 Å². The molecule has 0 aliphatic rings. The lowest BCUT2D eigenvalue weighted by Crippen LogP contribution is -2.07. The first-order valence-electron chi connectivity index (χ1n) is 4.81. The summed E-state index contributed by atoms with van der Waals surface area (Å²) < 4.78 is 38.8. The molecule has 2 aromatic heterocycles. The molecule has 0 aromatic carbocycles. The minimum Gasteiger partial charge on any atom is -0.267 e. The second-order valence-corrected chi connectivity index (χ2v) is 3.80. The van der Waals surface area contributed by atoms with Gasteiger partial charge in [0.2, 0.25) is 0 Å². The quantitative estimate of drug-likeness (QED) is 0.752. The van der Waals surface area contributed by atoms with Crippen LogP contribution < -0.4 is 0 Å². The molecule has 0 aliphatic carbocycles. The first-order chi connectivity index (χ1) is 7.38. The molecular weight excluding hydrogens is 219 g/mol. The van der Waals surface area contributed by atoms with Gasteiger partial charge in [-0.1, -0.05) is 0 Å². The molecule has 6 heteroatoms. The summed E-state index contributed by atoms with van der Waals surface area (Å²) in [5, 5.41) is 4.12. The number of hydrogen-bond donors (Lipinski definition) is 0. The summed E-state index contributed by atoms with van der Waals surface area (Å²) >= 11 is 0. The highest BCUT2D eigenvalue weighted by Gasteiger charge is 2.32. The van der Waals surface area contributed by atoms with Crippen LogP contribution in [0, 0.1) is 0 Å². The van der Waals surface area contributed by atoms with Crippen LogP contribution in [0.4, 0.5) is 13.2 Å². The summed E-state index contributed by atoms with van der Waals surface area (Å²) in [4.78, 5) is 3.54. The van der Waals surface area contributed by atoms with Crippen molar-refractivity contribution < 1.29 is 13.2 Å². The van der Waals surface area contributed by atoms with Gasteiger partial charge >= 0.3 is 6.18 Å². The van der Waals surface area contributed by atoms with E-state index in [1.165, 1.54) is 12.3 Å². The molecule has 0 fully saturated rings. The van der Waals surface area contributed by atoms with E-state index in [2.05, 4.69) is 10.1 Å². The van der Waals surface area contributed by atoms with Crippen LogP contribution in [-0.2, 0) is 6.18 Å². The lowest BCUT2D eigenvalue weighted by atomic mass is 10.3. The number of alkyl halides is 3.